The van der Waals surface area contributed by atoms with E-state index in [1.165, 1.54) is 22.9 Å². The number of aromatic nitrogens is 4. The lowest BCUT2D eigenvalue weighted by Gasteiger charge is -2.16. The second kappa shape index (κ2) is 10.5. The third-order valence-electron chi connectivity index (χ3n) is 6.10. The molecule has 0 unspecified atom stereocenters. The zero-order chi connectivity index (χ0) is 26.8. The Morgan fingerprint density at radius 2 is 1.92 bits per heavy atom. The van der Waals surface area contributed by atoms with Gasteiger partial charge in [0.25, 0.3) is 0 Å². The van der Waals surface area contributed by atoms with Gasteiger partial charge in [0.05, 0.1) is 12.5 Å². The molecule has 2 atom stereocenters. The zero-order valence-electron chi connectivity index (χ0n) is 19.8. The summed E-state index contributed by atoms with van der Waals surface area (Å²) in [5.74, 6) is -2.54. The normalized spacial score (nSPS) is 16.2. The highest BCUT2D eigenvalue weighted by Crippen LogP contribution is 2.39. The summed E-state index contributed by atoms with van der Waals surface area (Å²) < 4.78 is 22.4. The second-order valence-electron chi connectivity index (χ2n) is 8.80. The molecule has 5 rings (SSSR count). The minimum Gasteiger partial charge on any atom is -0.481 e. The van der Waals surface area contributed by atoms with Crippen LogP contribution in [0.2, 0.25) is 5.02 Å². The molecular weight excluding hydrogens is 517 g/mol. The number of benzene rings is 2. The van der Waals surface area contributed by atoms with Crippen LogP contribution in [0.4, 0.5) is 16.0 Å². The first kappa shape index (κ1) is 25.2. The van der Waals surface area contributed by atoms with Crippen LogP contribution in [0.1, 0.15) is 12.0 Å². The largest absolute Gasteiger partial charge is 0.481 e. The molecule has 2 heterocycles. The number of rotatable bonds is 9. The number of anilines is 2. The molecule has 38 heavy (non-hydrogen) atoms. The smallest absolute Gasteiger partial charge is 0.354 e. The summed E-state index contributed by atoms with van der Waals surface area (Å²) in [5.41, 5.74) is -0.588. The molecule has 2 aromatic heterocycles. The average molecular weight is 538 g/mol. The van der Waals surface area contributed by atoms with Crippen LogP contribution in [0.15, 0.2) is 76.4 Å². The van der Waals surface area contributed by atoms with Crippen LogP contribution in [0.25, 0.3) is 0 Å². The zero-order valence-corrected chi connectivity index (χ0v) is 20.5. The van der Waals surface area contributed by atoms with E-state index >= 15 is 0 Å². The minimum atomic E-state index is -0.965. The number of hydrogen-bond donors (Lipinski definition) is 2. The summed E-state index contributed by atoms with van der Waals surface area (Å²) in [6.07, 6.45) is 1.90. The first-order valence-electron chi connectivity index (χ1n) is 11.6. The number of nitrogens with one attached hydrogen (secondary N) is 1. The van der Waals surface area contributed by atoms with Crippen molar-refractivity contribution < 1.29 is 19.0 Å². The molecule has 4 aromatic rings. The molecule has 0 bridgehead atoms. The maximum absolute atomic E-state index is 14.8. The van der Waals surface area contributed by atoms with Gasteiger partial charge in [-0.2, -0.15) is 4.98 Å². The molecule has 0 spiro atoms. The first-order valence-corrected chi connectivity index (χ1v) is 12.0. The van der Waals surface area contributed by atoms with E-state index in [2.05, 4.69) is 15.3 Å². The van der Waals surface area contributed by atoms with Gasteiger partial charge in [-0.1, -0.05) is 29.8 Å². The van der Waals surface area contributed by atoms with Gasteiger partial charge in [0, 0.05) is 35.6 Å². The molecule has 0 aliphatic heterocycles. The molecule has 194 valence electrons. The van der Waals surface area contributed by atoms with Gasteiger partial charge < -0.3 is 15.2 Å². The molecule has 1 saturated carbocycles. The molecule has 10 nitrogen and oxygen atoms in total. The molecule has 0 saturated heterocycles. The Labute approximate surface area is 219 Å². The Morgan fingerprint density at radius 3 is 2.58 bits per heavy atom. The highest BCUT2D eigenvalue weighted by Gasteiger charge is 2.43. The van der Waals surface area contributed by atoms with Crippen molar-refractivity contribution in [2.24, 2.45) is 11.8 Å². The fourth-order valence-electron chi connectivity index (χ4n) is 3.99. The van der Waals surface area contributed by atoms with Gasteiger partial charge in [0.1, 0.15) is 0 Å². The summed E-state index contributed by atoms with van der Waals surface area (Å²) in [5, 5.41) is 12.6. The fraction of sp³-hybridized carbons (Fsp3) is 0.192. The van der Waals surface area contributed by atoms with Crippen LogP contribution in [-0.4, -0.2) is 30.2 Å². The fourth-order valence-corrected chi connectivity index (χ4v) is 4.12. The van der Waals surface area contributed by atoms with Crippen LogP contribution in [0.5, 0.6) is 11.6 Å². The number of halogens is 2. The lowest BCUT2D eigenvalue weighted by Crippen LogP contribution is -2.43. The summed E-state index contributed by atoms with van der Waals surface area (Å²) in [6, 6.07) is 15.8. The molecule has 0 radical (unpaired) electrons. The Balaban J connectivity index is 1.47. The lowest BCUT2D eigenvalue weighted by molar-refractivity contribution is -0.138. The molecule has 2 aromatic carbocycles. The predicted octanol–water partition coefficient (Wildman–Crippen LogP) is 3.90. The molecule has 0 amide bonds. The Morgan fingerprint density at radius 1 is 1.13 bits per heavy atom. The maximum atomic E-state index is 14.8. The second-order valence-corrected chi connectivity index (χ2v) is 9.24. The van der Waals surface area contributed by atoms with Crippen LogP contribution in [-0.2, 0) is 17.9 Å². The van der Waals surface area contributed by atoms with E-state index < -0.39 is 29.1 Å². The van der Waals surface area contributed by atoms with Crippen molar-refractivity contribution >= 4 is 29.2 Å². The van der Waals surface area contributed by atoms with Crippen molar-refractivity contribution in [1.82, 2.24) is 19.1 Å². The van der Waals surface area contributed by atoms with Crippen molar-refractivity contribution in [1.29, 1.82) is 0 Å². The van der Waals surface area contributed by atoms with E-state index in [-0.39, 0.29) is 42.3 Å². The third-order valence-corrected chi connectivity index (χ3v) is 6.35. The van der Waals surface area contributed by atoms with E-state index in [1.807, 2.05) is 0 Å². The van der Waals surface area contributed by atoms with E-state index in [4.69, 9.17) is 16.3 Å². The third kappa shape index (κ3) is 5.57. The number of aliphatic carboxylic acids is 1. The summed E-state index contributed by atoms with van der Waals surface area (Å²) in [6.45, 7) is -0.0291. The number of carboxylic acids is 1. The van der Waals surface area contributed by atoms with Crippen molar-refractivity contribution in [3.05, 3.63) is 104 Å². The highest BCUT2D eigenvalue weighted by atomic mass is 35.5. The lowest BCUT2D eigenvalue weighted by atomic mass is 10.2. The summed E-state index contributed by atoms with van der Waals surface area (Å²) >= 11 is 5.98. The van der Waals surface area contributed by atoms with Gasteiger partial charge in [-0.15, -0.1) is 0 Å². The SMILES string of the molecule is O=C(O)[C@H]1C[C@@H]1Cn1c(=O)nc(Nc2ccc(Oc3ccccn3)c(F)c2)n(Cc2ccc(Cl)cc2)c1=O. The van der Waals surface area contributed by atoms with Crippen molar-refractivity contribution in [2.75, 3.05) is 5.32 Å². The van der Waals surface area contributed by atoms with Gasteiger partial charge >= 0.3 is 17.3 Å². The number of hydrogen-bond acceptors (Lipinski definition) is 7. The van der Waals surface area contributed by atoms with Crippen molar-refractivity contribution in [3.8, 4) is 11.6 Å². The average Bonchev–Trinajstić information content (AvgIpc) is 3.67. The predicted molar refractivity (Wildman–Crippen MR) is 137 cm³/mol. The van der Waals surface area contributed by atoms with Crippen LogP contribution in [0, 0.1) is 17.7 Å². The number of pyridine rings is 1. The monoisotopic (exact) mass is 537 g/mol. The van der Waals surface area contributed by atoms with E-state index in [0.717, 1.165) is 10.6 Å². The van der Waals surface area contributed by atoms with Crippen molar-refractivity contribution in [3.63, 3.8) is 0 Å². The Bertz CT molecular complexity index is 1610. The standard InChI is InChI=1S/C26H21ClFN5O5/c27-17-6-4-15(5-7-17)13-32-24(31-25(36)33(26(32)37)14-16-11-19(16)23(34)35)30-18-8-9-21(20(28)12-18)38-22-3-1-2-10-29-22/h1-10,12,16,19H,11,13-14H2,(H,34,35)(H,30,31,36)/t16-,19+/m1/s1. The van der Waals surface area contributed by atoms with E-state index in [1.54, 1.807) is 42.5 Å². The first-order chi connectivity index (χ1) is 18.3. The quantitative estimate of drug-likeness (QED) is 0.329. The van der Waals surface area contributed by atoms with Crippen LogP contribution >= 0.6 is 11.6 Å². The van der Waals surface area contributed by atoms with Gasteiger partial charge in [-0.3, -0.25) is 9.36 Å². The maximum Gasteiger partial charge on any atom is 0.354 e. The molecular formula is C26H21ClFN5O5. The Kier molecular flexibility index (Phi) is 6.93. The van der Waals surface area contributed by atoms with Crippen LogP contribution < -0.4 is 21.4 Å². The van der Waals surface area contributed by atoms with Gasteiger partial charge in [-0.25, -0.2) is 23.5 Å². The highest BCUT2D eigenvalue weighted by molar-refractivity contribution is 6.30. The number of nitrogens with zero attached hydrogens (tertiary/aromatic N) is 4. The number of carbonyl (C=O) groups is 1. The van der Waals surface area contributed by atoms with Gasteiger partial charge in [0.2, 0.25) is 11.8 Å². The topological polar surface area (TPSA) is 128 Å². The van der Waals surface area contributed by atoms with Crippen molar-refractivity contribution in [2.45, 2.75) is 19.5 Å². The number of ether oxygens (including phenoxy) is 1. The molecule has 2 N–H and O–H groups in total. The van der Waals surface area contributed by atoms with E-state index in [9.17, 15) is 23.9 Å². The van der Waals surface area contributed by atoms with Gasteiger partial charge in [0.15, 0.2) is 11.6 Å². The van der Waals surface area contributed by atoms with Gasteiger partial charge in [-0.05, 0) is 48.2 Å². The molecule has 1 fully saturated rings. The Hall–Kier alpha value is -4.51. The van der Waals surface area contributed by atoms with Crippen LogP contribution in [0.3, 0.4) is 0 Å². The summed E-state index contributed by atoms with van der Waals surface area (Å²) in [7, 11) is 0. The molecule has 1 aliphatic carbocycles. The summed E-state index contributed by atoms with van der Waals surface area (Å²) in [4.78, 5) is 45.5. The number of carboxylic acid groups (broad SMARTS) is 1. The molecule has 1 aliphatic rings. The minimum absolute atomic E-state index is 0.0298. The molecule has 12 heteroatoms. The van der Waals surface area contributed by atoms with E-state index in [0.29, 0.717) is 17.0 Å².